The Hall–Kier alpha value is -1.83. The maximum absolute atomic E-state index is 14.7. The van der Waals surface area contributed by atoms with Crippen molar-refractivity contribution < 1.29 is 54.5 Å². The summed E-state index contributed by atoms with van der Waals surface area (Å²) in [7, 11) is -10.1. The number of hydrogen-bond donors (Lipinski definition) is 4. The number of nitrogens with one attached hydrogen (secondary N) is 2. The third-order valence-electron chi connectivity index (χ3n) is 10.7. The van der Waals surface area contributed by atoms with Gasteiger partial charge in [-0.15, -0.1) is 0 Å². The van der Waals surface area contributed by atoms with Crippen molar-refractivity contribution >= 4 is 53.5 Å². The minimum absolute atomic E-state index is 0.119. The van der Waals surface area contributed by atoms with Crippen molar-refractivity contribution in [3.63, 3.8) is 0 Å². The topological polar surface area (TPSA) is 242 Å². The minimum Gasteiger partial charge on any atom is -0.407 e. The zero-order valence-electron chi connectivity index (χ0n) is 33.3. The highest BCUT2D eigenvalue weighted by Crippen LogP contribution is 2.54. The lowest BCUT2D eigenvalue weighted by atomic mass is 10.1. The highest BCUT2D eigenvalue weighted by Gasteiger charge is 2.57. The van der Waals surface area contributed by atoms with Gasteiger partial charge >= 0.3 is 19.5 Å². The van der Waals surface area contributed by atoms with E-state index in [0.717, 1.165) is 10.6 Å². The van der Waals surface area contributed by atoms with E-state index in [1.54, 1.807) is 23.0 Å². The molecular formula is C33H55IN5O14PSi2. The number of carbonyl (C=O) groups is 1. The van der Waals surface area contributed by atoms with Crippen LogP contribution in [0, 0.1) is 11.3 Å². The molecule has 0 aliphatic carbocycles. The molecule has 1 aromatic rings. The quantitative estimate of drug-likeness (QED) is 0.0794. The Morgan fingerprint density at radius 3 is 2.09 bits per heavy atom. The predicted octanol–water partition coefficient (Wildman–Crippen LogP) is 3.96. The molecule has 10 unspecified atom stereocenters. The molecule has 3 aliphatic heterocycles. The van der Waals surface area contributed by atoms with Crippen LogP contribution in [-0.4, -0.2) is 116 Å². The van der Waals surface area contributed by atoms with E-state index in [2.05, 4.69) is 10.3 Å². The molecule has 2 fully saturated rings. The first-order chi connectivity index (χ1) is 25.8. The number of nitriles is 1. The number of hydrogen-bond acceptors (Lipinski definition) is 15. The van der Waals surface area contributed by atoms with Gasteiger partial charge in [0.1, 0.15) is 65.9 Å². The van der Waals surface area contributed by atoms with E-state index in [1.165, 1.54) is 23.4 Å². The van der Waals surface area contributed by atoms with Crippen molar-refractivity contribution in [2.24, 2.45) is 0 Å². The van der Waals surface area contributed by atoms with E-state index < -0.39 is 104 Å². The van der Waals surface area contributed by atoms with Crippen molar-refractivity contribution in [2.75, 3.05) is 19.8 Å². The molecule has 10 atom stereocenters. The number of phosphoric ester groups is 1. The molecule has 4 rings (SSSR count). The second-order valence-corrected chi connectivity index (χ2v) is 28.6. The fourth-order valence-electron chi connectivity index (χ4n) is 5.56. The largest absolute Gasteiger partial charge is 0.475 e. The summed E-state index contributed by atoms with van der Waals surface area (Å²) in [5, 5.41) is 32.7. The second-order valence-electron chi connectivity index (χ2n) is 16.8. The van der Waals surface area contributed by atoms with Gasteiger partial charge in [-0.1, -0.05) is 41.5 Å². The third kappa shape index (κ3) is 10.9. The molecule has 0 aromatic carbocycles. The van der Waals surface area contributed by atoms with Crippen LogP contribution in [0.5, 0.6) is 0 Å². The normalized spacial score (nSPS) is 30.0. The van der Waals surface area contributed by atoms with Gasteiger partial charge in [0.05, 0.1) is 32.3 Å². The number of aliphatic hydroxyl groups excluding tert-OH is 2. The van der Waals surface area contributed by atoms with Gasteiger partial charge in [0, 0.05) is 18.5 Å². The number of amides is 2. The molecule has 0 saturated carbocycles. The molecule has 316 valence electrons. The van der Waals surface area contributed by atoms with Crippen molar-refractivity contribution in [1.82, 2.24) is 19.8 Å². The fraction of sp³-hybridized carbons (Fsp3) is 0.758. The summed E-state index contributed by atoms with van der Waals surface area (Å²) in [5.74, 6) is 0. The maximum atomic E-state index is 14.7. The van der Waals surface area contributed by atoms with Crippen molar-refractivity contribution in [3.8, 4) is 6.07 Å². The number of carbonyl (C=O) groups excluding carboxylic acids is 1. The van der Waals surface area contributed by atoms with E-state index in [9.17, 15) is 34.4 Å². The number of aromatic nitrogens is 2. The third-order valence-corrected chi connectivity index (χ3v) is 21.5. The zero-order chi connectivity index (χ0) is 42.0. The lowest BCUT2D eigenvalue weighted by Crippen LogP contribution is -2.56. The Morgan fingerprint density at radius 2 is 1.54 bits per heavy atom. The van der Waals surface area contributed by atoms with Gasteiger partial charge < -0.3 is 36.9 Å². The number of H-pyrrole nitrogens is 1. The van der Waals surface area contributed by atoms with Crippen LogP contribution in [-0.2, 0) is 39.5 Å². The molecular weight excluding hydrogens is 904 g/mol. The summed E-state index contributed by atoms with van der Waals surface area (Å²) >= 11 is 1.67. The number of aromatic amines is 1. The Kier molecular flexibility index (Phi) is 15.2. The van der Waals surface area contributed by atoms with Crippen LogP contribution in [0.4, 0.5) is 4.79 Å². The van der Waals surface area contributed by atoms with Crippen molar-refractivity contribution in [3.05, 3.63) is 45.4 Å². The van der Waals surface area contributed by atoms with Gasteiger partial charge in [-0.05, 0) is 42.3 Å². The monoisotopic (exact) mass is 959 g/mol. The number of phosphoric acid groups is 1. The van der Waals surface area contributed by atoms with Crippen LogP contribution in [0.1, 0.15) is 54.2 Å². The molecule has 0 radical (unpaired) electrons. The predicted molar refractivity (Wildman–Crippen MR) is 214 cm³/mol. The second kappa shape index (κ2) is 18.2. The number of rotatable bonds is 16. The molecule has 4 N–H and O–H groups in total. The van der Waals surface area contributed by atoms with Crippen LogP contribution < -0.4 is 16.6 Å². The molecule has 2 saturated heterocycles. The molecule has 0 bridgehead atoms. The Morgan fingerprint density at radius 1 is 0.929 bits per heavy atom. The molecule has 19 nitrogen and oxygen atoms in total. The minimum atomic E-state index is -4.74. The maximum Gasteiger partial charge on any atom is 0.475 e. The number of halogens is 1. The van der Waals surface area contributed by atoms with E-state index in [1.807, 2.05) is 73.8 Å². The van der Waals surface area contributed by atoms with Crippen LogP contribution in [0.15, 0.2) is 34.1 Å². The summed E-state index contributed by atoms with van der Waals surface area (Å²) in [4.78, 5) is 41.4. The van der Waals surface area contributed by atoms with Gasteiger partial charge in [0.25, 0.3) is 5.56 Å². The summed E-state index contributed by atoms with van der Waals surface area (Å²) < 4.78 is 65.0. The summed E-state index contributed by atoms with van der Waals surface area (Å²) in [6.45, 7) is 18.8. The van der Waals surface area contributed by atoms with Gasteiger partial charge in [-0.25, -0.2) is 14.2 Å². The van der Waals surface area contributed by atoms with Gasteiger partial charge in [-0.3, -0.25) is 32.8 Å². The number of nitrogens with zero attached hydrogens (tertiary/aromatic N) is 3. The Labute approximate surface area is 342 Å². The SMILES string of the molecule is CC(C)(C)[Si](C)(C)OC1C(OP(=O)(OCCC#N)OCC2OC(n3ccc(=O)[nH]c3=O)C(O[Si](C)(C)C(C)(C)C)C2O)C(COI)OC1N1C=CC(O)NC1=O. The highest BCUT2D eigenvalue weighted by atomic mass is 127. The number of ether oxygens (including phenoxy) is 2. The van der Waals surface area contributed by atoms with Crippen LogP contribution >= 0.6 is 30.8 Å². The summed E-state index contributed by atoms with van der Waals surface area (Å²) in [5.41, 5.74) is -1.43. The van der Waals surface area contributed by atoms with Crippen LogP contribution in [0.25, 0.3) is 0 Å². The average Bonchev–Trinajstić information content (AvgIpc) is 3.54. The Balaban J connectivity index is 1.70. The van der Waals surface area contributed by atoms with Gasteiger partial charge in [0.2, 0.25) is 0 Å². The van der Waals surface area contributed by atoms with E-state index in [0.29, 0.717) is 0 Å². The molecule has 56 heavy (non-hydrogen) atoms. The first-order valence-electron chi connectivity index (χ1n) is 18.1. The summed E-state index contributed by atoms with van der Waals surface area (Å²) in [6.07, 6.45) is -7.08. The van der Waals surface area contributed by atoms with E-state index in [4.69, 9.17) is 35.0 Å². The molecule has 4 heterocycles. The first-order valence-corrected chi connectivity index (χ1v) is 26.3. The Bertz CT molecular complexity index is 1780. The van der Waals surface area contributed by atoms with E-state index in [-0.39, 0.29) is 29.7 Å². The van der Waals surface area contributed by atoms with Gasteiger partial charge in [-0.2, -0.15) is 5.26 Å². The average molecular weight is 960 g/mol. The van der Waals surface area contributed by atoms with Crippen molar-refractivity contribution in [2.45, 2.75) is 140 Å². The lowest BCUT2D eigenvalue weighted by Gasteiger charge is -2.42. The lowest BCUT2D eigenvalue weighted by molar-refractivity contribution is -0.0624. The standard InChI is InChI=1S/C33H55IN5O14PSi2/c1-32(2,3)55(7,8)52-26-24(42)20(49-28(26)38-15-12-22(40)36-30(38)43)19-48-54(45,47-17-11-14-35)51-25-21(18-46-34)50-29(39-16-13-23(41)37-31(39)44)27(25)53-56(9,10)33(4,5)6/h12-13,15-16,20-21,23-29,41-42H,11,17-19H2,1-10H3,(H,37,44)(H,36,40,43). The van der Waals surface area contributed by atoms with Gasteiger partial charge in [0.15, 0.2) is 29.1 Å². The molecule has 2 amide bonds. The van der Waals surface area contributed by atoms with Crippen LogP contribution in [0.2, 0.25) is 36.3 Å². The number of urea groups is 1. The first kappa shape index (κ1) is 46.9. The van der Waals surface area contributed by atoms with Crippen molar-refractivity contribution in [1.29, 1.82) is 5.26 Å². The molecule has 23 heteroatoms. The van der Waals surface area contributed by atoms with Crippen LogP contribution in [0.3, 0.4) is 0 Å². The van der Waals surface area contributed by atoms with E-state index >= 15 is 0 Å². The smallest absolute Gasteiger partial charge is 0.407 e. The molecule has 0 spiro atoms. The molecule has 1 aromatic heterocycles. The summed E-state index contributed by atoms with van der Waals surface area (Å²) in [6, 6.07) is 2.37. The number of aliphatic hydroxyl groups is 2. The molecule has 3 aliphatic rings. The fourth-order valence-corrected chi connectivity index (χ4v) is 9.88. The zero-order valence-corrected chi connectivity index (χ0v) is 38.3. The highest BCUT2D eigenvalue weighted by molar-refractivity contribution is 14.1.